The normalized spacial score (nSPS) is 15.4. The second-order valence-electron chi connectivity index (χ2n) is 8.47. The Hall–Kier alpha value is -2.73. The third kappa shape index (κ3) is 5.74. The molecular formula is C26H30N2O3S. The van der Waals surface area contributed by atoms with E-state index >= 15 is 0 Å². The van der Waals surface area contributed by atoms with Crippen molar-refractivity contribution in [2.45, 2.75) is 50.0 Å². The first-order chi connectivity index (χ1) is 15.6. The van der Waals surface area contributed by atoms with Crippen LogP contribution in [0.15, 0.2) is 63.9 Å². The summed E-state index contributed by atoms with van der Waals surface area (Å²) in [4.78, 5) is 26.1. The van der Waals surface area contributed by atoms with Gasteiger partial charge < -0.3 is 15.1 Å². The summed E-state index contributed by atoms with van der Waals surface area (Å²) >= 11 is 1.40. The summed E-state index contributed by atoms with van der Waals surface area (Å²) in [6, 6.07) is 16.9. The molecule has 0 bridgehead atoms. The zero-order chi connectivity index (χ0) is 22.3. The van der Waals surface area contributed by atoms with E-state index in [9.17, 15) is 9.59 Å². The topological polar surface area (TPSA) is 71.3 Å². The number of hydrogen-bond acceptors (Lipinski definition) is 4. The van der Waals surface area contributed by atoms with E-state index in [1.54, 1.807) is 6.07 Å². The molecule has 1 aromatic heterocycles. The molecule has 0 spiro atoms. The van der Waals surface area contributed by atoms with Gasteiger partial charge in [-0.1, -0.05) is 49.6 Å². The minimum atomic E-state index is -0.272. The lowest BCUT2D eigenvalue weighted by Gasteiger charge is -2.21. The number of nitrogens with one attached hydrogen (secondary N) is 2. The Morgan fingerprint density at radius 3 is 2.62 bits per heavy atom. The molecule has 1 aliphatic carbocycles. The maximum Gasteiger partial charge on any atom is 0.252 e. The molecule has 1 saturated carbocycles. The van der Waals surface area contributed by atoms with Crippen LogP contribution in [-0.2, 0) is 4.79 Å². The van der Waals surface area contributed by atoms with E-state index in [0.29, 0.717) is 23.0 Å². The number of hydrogen-bond donors (Lipinski definition) is 2. The monoisotopic (exact) mass is 450 g/mol. The van der Waals surface area contributed by atoms with Crippen molar-refractivity contribution in [3.8, 4) is 0 Å². The number of furan rings is 1. The molecule has 5 nitrogen and oxygen atoms in total. The minimum Gasteiger partial charge on any atom is -0.459 e. The molecule has 2 N–H and O–H groups in total. The van der Waals surface area contributed by atoms with Gasteiger partial charge >= 0.3 is 0 Å². The van der Waals surface area contributed by atoms with E-state index in [0.717, 1.165) is 22.4 Å². The van der Waals surface area contributed by atoms with Crippen LogP contribution in [0.5, 0.6) is 0 Å². The van der Waals surface area contributed by atoms with Crippen LogP contribution in [0.2, 0.25) is 0 Å². The van der Waals surface area contributed by atoms with E-state index in [1.807, 2.05) is 55.5 Å². The van der Waals surface area contributed by atoms with Crippen LogP contribution in [0.3, 0.4) is 0 Å². The van der Waals surface area contributed by atoms with Crippen LogP contribution in [0.4, 0.5) is 0 Å². The van der Waals surface area contributed by atoms with Gasteiger partial charge in [0.15, 0.2) is 0 Å². The molecule has 3 aromatic rings. The molecule has 0 radical (unpaired) electrons. The SMILES string of the molecule is CC(NC(=O)c1ccccc1SCC(=O)NCC1CCCCC1)c1cc2ccccc2o1. The van der Waals surface area contributed by atoms with Gasteiger partial charge in [-0.3, -0.25) is 9.59 Å². The number of para-hydroxylation sites is 1. The van der Waals surface area contributed by atoms with Gasteiger partial charge in [0.05, 0.1) is 17.4 Å². The van der Waals surface area contributed by atoms with Crippen LogP contribution in [0, 0.1) is 5.92 Å². The molecule has 0 saturated heterocycles. The number of thioether (sulfide) groups is 1. The molecule has 1 aliphatic rings. The summed E-state index contributed by atoms with van der Waals surface area (Å²) in [6.45, 7) is 2.67. The average molecular weight is 451 g/mol. The standard InChI is InChI=1S/C26H30N2O3S/c1-18(23-15-20-11-5-7-13-22(20)31-23)28-26(30)21-12-6-8-14-24(21)32-17-25(29)27-16-19-9-3-2-4-10-19/h5-8,11-15,18-19H,2-4,9-10,16-17H2,1H3,(H,27,29)(H,28,30). The summed E-state index contributed by atoms with van der Waals surface area (Å²) in [6.07, 6.45) is 6.27. The second-order valence-corrected chi connectivity index (χ2v) is 9.49. The van der Waals surface area contributed by atoms with Crippen molar-refractivity contribution in [2.75, 3.05) is 12.3 Å². The number of benzene rings is 2. The fraction of sp³-hybridized carbons (Fsp3) is 0.385. The molecule has 0 aliphatic heterocycles. The molecule has 4 rings (SSSR count). The number of fused-ring (bicyclic) bond motifs is 1. The van der Waals surface area contributed by atoms with Crippen LogP contribution >= 0.6 is 11.8 Å². The van der Waals surface area contributed by atoms with Crippen molar-refractivity contribution < 1.29 is 14.0 Å². The number of amides is 2. The van der Waals surface area contributed by atoms with Gasteiger partial charge in [0.25, 0.3) is 5.91 Å². The minimum absolute atomic E-state index is 0.0198. The van der Waals surface area contributed by atoms with Crippen LogP contribution < -0.4 is 10.6 Å². The smallest absolute Gasteiger partial charge is 0.252 e. The second kappa shape index (κ2) is 10.7. The zero-order valence-corrected chi connectivity index (χ0v) is 19.3. The van der Waals surface area contributed by atoms with Gasteiger partial charge in [-0.25, -0.2) is 0 Å². The van der Waals surface area contributed by atoms with Crippen LogP contribution in [-0.4, -0.2) is 24.1 Å². The highest BCUT2D eigenvalue weighted by Crippen LogP contribution is 2.26. The van der Waals surface area contributed by atoms with Crippen molar-refractivity contribution in [2.24, 2.45) is 5.92 Å². The molecule has 1 unspecified atom stereocenters. The predicted molar refractivity (Wildman–Crippen MR) is 129 cm³/mol. The van der Waals surface area contributed by atoms with Gasteiger partial charge in [-0.15, -0.1) is 11.8 Å². The van der Waals surface area contributed by atoms with E-state index in [2.05, 4.69) is 10.6 Å². The Morgan fingerprint density at radius 1 is 1.06 bits per heavy atom. The fourth-order valence-corrected chi connectivity index (χ4v) is 5.06. The Labute approximate surface area is 193 Å². The quantitative estimate of drug-likeness (QED) is 0.431. The highest BCUT2D eigenvalue weighted by atomic mass is 32.2. The molecular weight excluding hydrogens is 420 g/mol. The summed E-state index contributed by atoms with van der Waals surface area (Å²) in [5, 5.41) is 7.10. The molecule has 2 aromatic carbocycles. The maximum atomic E-state index is 13.0. The first kappa shape index (κ1) is 22.5. The third-order valence-electron chi connectivity index (χ3n) is 6.02. The van der Waals surface area contributed by atoms with Gasteiger partial charge in [0.2, 0.25) is 5.91 Å². The average Bonchev–Trinajstić information content (AvgIpc) is 3.27. The highest BCUT2D eigenvalue weighted by Gasteiger charge is 2.19. The van der Waals surface area contributed by atoms with Crippen molar-refractivity contribution in [3.05, 3.63) is 65.9 Å². The summed E-state index contributed by atoms with van der Waals surface area (Å²) in [5.74, 6) is 1.47. The lowest BCUT2D eigenvalue weighted by atomic mass is 9.89. The summed E-state index contributed by atoms with van der Waals surface area (Å²) < 4.78 is 5.88. The molecule has 1 fully saturated rings. The van der Waals surface area contributed by atoms with Crippen molar-refractivity contribution in [3.63, 3.8) is 0 Å². The van der Waals surface area contributed by atoms with E-state index in [4.69, 9.17) is 4.42 Å². The molecule has 6 heteroatoms. The Morgan fingerprint density at radius 2 is 1.81 bits per heavy atom. The lowest BCUT2D eigenvalue weighted by Crippen LogP contribution is -2.31. The third-order valence-corrected chi connectivity index (χ3v) is 7.10. The van der Waals surface area contributed by atoms with Crippen molar-refractivity contribution in [1.29, 1.82) is 0 Å². The van der Waals surface area contributed by atoms with E-state index < -0.39 is 0 Å². The lowest BCUT2D eigenvalue weighted by molar-refractivity contribution is -0.118. The van der Waals surface area contributed by atoms with Crippen LogP contribution in [0.25, 0.3) is 11.0 Å². The summed E-state index contributed by atoms with van der Waals surface area (Å²) in [5.41, 5.74) is 1.37. The van der Waals surface area contributed by atoms with E-state index in [1.165, 1.54) is 43.9 Å². The number of carbonyl (C=O) groups excluding carboxylic acids is 2. The number of rotatable bonds is 8. The Balaban J connectivity index is 1.33. The van der Waals surface area contributed by atoms with Gasteiger partial charge in [-0.2, -0.15) is 0 Å². The highest BCUT2D eigenvalue weighted by molar-refractivity contribution is 8.00. The number of carbonyl (C=O) groups is 2. The van der Waals surface area contributed by atoms with Gasteiger partial charge in [-0.05, 0) is 49.9 Å². The Bertz CT molecular complexity index is 1040. The molecule has 168 valence electrons. The predicted octanol–water partition coefficient (Wildman–Crippen LogP) is 5.71. The fourth-order valence-electron chi connectivity index (χ4n) is 4.19. The molecule has 2 amide bonds. The van der Waals surface area contributed by atoms with Crippen LogP contribution in [0.1, 0.15) is 61.2 Å². The van der Waals surface area contributed by atoms with Gasteiger partial charge in [0, 0.05) is 16.8 Å². The largest absolute Gasteiger partial charge is 0.459 e. The van der Waals surface area contributed by atoms with E-state index in [-0.39, 0.29) is 17.9 Å². The van der Waals surface area contributed by atoms with Crippen molar-refractivity contribution >= 4 is 34.5 Å². The molecule has 1 atom stereocenters. The first-order valence-corrected chi connectivity index (χ1v) is 12.4. The molecule has 1 heterocycles. The maximum absolute atomic E-state index is 13.0. The van der Waals surface area contributed by atoms with Crippen molar-refractivity contribution in [1.82, 2.24) is 10.6 Å². The Kier molecular flexibility index (Phi) is 7.53. The summed E-state index contributed by atoms with van der Waals surface area (Å²) in [7, 11) is 0. The molecule has 32 heavy (non-hydrogen) atoms. The zero-order valence-electron chi connectivity index (χ0n) is 18.4. The first-order valence-electron chi connectivity index (χ1n) is 11.4. The van der Waals surface area contributed by atoms with Gasteiger partial charge in [0.1, 0.15) is 11.3 Å².